The smallest absolute Gasteiger partial charge is 0.349 e. The van der Waals surface area contributed by atoms with Gasteiger partial charge >= 0.3 is 5.69 Å². The first-order valence-electron chi connectivity index (χ1n) is 10.2. The van der Waals surface area contributed by atoms with Crippen molar-refractivity contribution in [3.8, 4) is 17.2 Å². The molecule has 3 heterocycles. The van der Waals surface area contributed by atoms with Crippen LogP contribution in [0.25, 0.3) is 22.0 Å². The number of thioether (sulfide) groups is 1. The van der Waals surface area contributed by atoms with E-state index in [1.54, 1.807) is 10.6 Å². The molecule has 0 saturated carbocycles. The second-order valence-electron chi connectivity index (χ2n) is 7.71. The van der Waals surface area contributed by atoms with E-state index in [4.69, 9.17) is 11.6 Å². The molecule has 2 aliphatic rings. The molecule has 2 aliphatic heterocycles. The number of aromatic nitrogens is 2. The molecule has 0 amide bonds. The monoisotopic (exact) mass is 473 g/mol. The summed E-state index contributed by atoms with van der Waals surface area (Å²) in [5, 5.41) is 13.5. The normalized spacial score (nSPS) is 18.1. The van der Waals surface area contributed by atoms with Crippen molar-refractivity contribution in [1.29, 1.82) is 5.26 Å². The maximum atomic E-state index is 14.7. The van der Waals surface area contributed by atoms with E-state index < -0.39 is 17.3 Å². The zero-order chi connectivity index (χ0) is 22.4. The molecule has 1 N–H and O–H groups in total. The Morgan fingerprint density at radius 1 is 1.31 bits per heavy atom. The van der Waals surface area contributed by atoms with Gasteiger partial charge in [0.1, 0.15) is 17.5 Å². The summed E-state index contributed by atoms with van der Waals surface area (Å²) < 4.78 is 29.8. The van der Waals surface area contributed by atoms with Crippen molar-refractivity contribution in [3.05, 3.63) is 51.4 Å². The summed E-state index contributed by atoms with van der Waals surface area (Å²) in [7, 11) is 0. The molecule has 0 bridgehead atoms. The van der Waals surface area contributed by atoms with Crippen LogP contribution in [0.2, 0.25) is 5.02 Å². The third-order valence-electron chi connectivity index (χ3n) is 5.86. The number of nitrogens with one attached hydrogen (secondary N) is 1. The van der Waals surface area contributed by atoms with Gasteiger partial charge in [0.05, 0.1) is 29.1 Å². The van der Waals surface area contributed by atoms with E-state index >= 15 is 0 Å². The zero-order valence-electron chi connectivity index (χ0n) is 16.9. The minimum atomic E-state index is -0.715. The first-order chi connectivity index (χ1) is 15.5. The summed E-state index contributed by atoms with van der Waals surface area (Å²) in [4.78, 5) is 20.0. The van der Waals surface area contributed by atoms with E-state index in [1.807, 2.05) is 4.90 Å². The van der Waals surface area contributed by atoms with Crippen LogP contribution in [0, 0.1) is 23.0 Å². The Morgan fingerprint density at radius 2 is 2.16 bits per heavy atom. The highest BCUT2D eigenvalue weighted by atomic mass is 35.5. The predicted molar refractivity (Wildman–Crippen MR) is 121 cm³/mol. The van der Waals surface area contributed by atoms with E-state index in [0.717, 1.165) is 6.07 Å². The average molecular weight is 474 g/mol. The zero-order valence-corrected chi connectivity index (χ0v) is 18.4. The molecule has 1 atom stereocenters. The van der Waals surface area contributed by atoms with E-state index in [1.165, 1.54) is 23.9 Å². The van der Waals surface area contributed by atoms with Gasteiger partial charge in [-0.25, -0.2) is 13.6 Å². The Balaban J connectivity index is 1.81. The Morgan fingerprint density at radius 3 is 2.94 bits per heavy atom. The Kier molecular flexibility index (Phi) is 5.53. The van der Waals surface area contributed by atoms with Gasteiger partial charge in [0.25, 0.3) is 0 Å². The lowest BCUT2D eigenvalue weighted by Gasteiger charge is -2.37. The lowest BCUT2D eigenvalue weighted by Crippen LogP contribution is -2.52. The number of anilines is 1. The van der Waals surface area contributed by atoms with Gasteiger partial charge in [-0.1, -0.05) is 11.6 Å². The van der Waals surface area contributed by atoms with Crippen LogP contribution in [0.3, 0.4) is 0 Å². The molecule has 164 valence electrons. The number of nitriles is 1. The van der Waals surface area contributed by atoms with Gasteiger partial charge in [-0.05, 0) is 18.2 Å². The van der Waals surface area contributed by atoms with Gasteiger partial charge in [0.15, 0.2) is 0 Å². The van der Waals surface area contributed by atoms with Crippen LogP contribution in [0.1, 0.15) is 6.42 Å². The number of benzene rings is 2. The van der Waals surface area contributed by atoms with E-state index in [2.05, 4.69) is 16.4 Å². The fraction of sp³-hybridized carbons (Fsp3) is 0.318. The average Bonchev–Trinajstić information content (AvgIpc) is 2.78. The van der Waals surface area contributed by atoms with E-state index in [-0.39, 0.29) is 18.0 Å². The molecule has 1 fully saturated rings. The SMILES string of the molecule is N#CC[C@@H]1CNCCN1c1nc(=O)n2c3c(c(-c4ccc(F)cc4F)c(Cl)cc13)SCC2. The predicted octanol–water partition coefficient (Wildman–Crippen LogP) is 3.79. The molecule has 2 aromatic carbocycles. The summed E-state index contributed by atoms with van der Waals surface area (Å²) in [6, 6.07) is 7.16. The number of halogens is 3. The van der Waals surface area contributed by atoms with Gasteiger partial charge in [0, 0.05) is 59.4 Å². The largest absolute Gasteiger partial charge is 0.350 e. The third-order valence-corrected chi connectivity index (χ3v) is 7.23. The fourth-order valence-electron chi connectivity index (χ4n) is 4.44. The lowest BCUT2D eigenvalue weighted by molar-refractivity contribution is 0.477. The third kappa shape index (κ3) is 3.43. The molecule has 6 nitrogen and oxygen atoms in total. The van der Waals surface area contributed by atoms with Crippen LogP contribution in [0.15, 0.2) is 34.0 Å². The maximum absolute atomic E-state index is 14.7. The Labute approximate surface area is 191 Å². The molecule has 1 saturated heterocycles. The maximum Gasteiger partial charge on any atom is 0.350 e. The second-order valence-corrected chi connectivity index (χ2v) is 9.23. The highest BCUT2D eigenvalue weighted by Crippen LogP contribution is 2.46. The van der Waals surface area contributed by atoms with Gasteiger partial charge in [-0.15, -0.1) is 11.8 Å². The number of piperazine rings is 1. The summed E-state index contributed by atoms with van der Waals surface area (Å²) >= 11 is 8.18. The fourth-order valence-corrected chi connectivity index (χ4v) is 6.00. The van der Waals surface area contributed by atoms with Crippen molar-refractivity contribution in [2.24, 2.45) is 0 Å². The lowest BCUT2D eigenvalue weighted by atomic mass is 10.0. The molecule has 32 heavy (non-hydrogen) atoms. The molecule has 0 unspecified atom stereocenters. The van der Waals surface area contributed by atoms with Crippen LogP contribution in [0.4, 0.5) is 14.6 Å². The van der Waals surface area contributed by atoms with Crippen molar-refractivity contribution >= 4 is 40.1 Å². The first-order valence-corrected chi connectivity index (χ1v) is 11.6. The van der Waals surface area contributed by atoms with Crippen molar-refractivity contribution < 1.29 is 8.78 Å². The first kappa shape index (κ1) is 21.2. The van der Waals surface area contributed by atoms with Gasteiger partial charge < -0.3 is 10.2 Å². The van der Waals surface area contributed by atoms with E-state index in [9.17, 15) is 18.8 Å². The summed E-state index contributed by atoms with van der Waals surface area (Å²) in [5.74, 6) is -0.299. The summed E-state index contributed by atoms with van der Waals surface area (Å²) in [6.45, 7) is 2.36. The summed E-state index contributed by atoms with van der Waals surface area (Å²) in [6.07, 6.45) is 0.285. The number of aryl methyl sites for hydroxylation is 1. The minimum absolute atomic E-state index is 0.133. The molecule has 0 spiro atoms. The molecule has 3 aromatic rings. The molecule has 10 heteroatoms. The van der Waals surface area contributed by atoms with Crippen molar-refractivity contribution in [1.82, 2.24) is 14.9 Å². The van der Waals surface area contributed by atoms with Crippen molar-refractivity contribution in [2.75, 3.05) is 30.3 Å². The number of hydrogen-bond donors (Lipinski definition) is 1. The van der Waals surface area contributed by atoms with Crippen LogP contribution in [-0.4, -0.2) is 41.0 Å². The molecule has 0 radical (unpaired) electrons. The molecule has 5 rings (SSSR count). The molecular weight excluding hydrogens is 456 g/mol. The molecule has 1 aromatic heterocycles. The molecular formula is C22H18ClF2N5OS. The van der Waals surface area contributed by atoms with Crippen LogP contribution >= 0.6 is 23.4 Å². The number of rotatable bonds is 3. The topological polar surface area (TPSA) is 74.0 Å². The minimum Gasteiger partial charge on any atom is -0.349 e. The summed E-state index contributed by atoms with van der Waals surface area (Å²) in [5.41, 5.74) is 0.884. The van der Waals surface area contributed by atoms with Gasteiger partial charge in [-0.3, -0.25) is 4.57 Å². The molecule has 0 aliphatic carbocycles. The highest BCUT2D eigenvalue weighted by molar-refractivity contribution is 7.99. The number of hydrogen-bond acceptors (Lipinski definition) is 6. The van der Waals surface area contributed by atoms with Crippen molar-refractivity contribution in [2.45, 2.75) is 23.9 Å². The Hall–Kier alpha value is -2.67. The standard InChI is InChI=1S/C22H18ClF2N5OS/c23-16-10-15-19-20(18(16)14-2-1-12(24)9-17(14)25)32-8-7-30(19)22(31)28-21(15)29-6-5-27-11-13(29)3-4-26/h1-2,9-10,13,27H,3,5-8,11H2/t13-/m1/s1. The number of nitrogens with zero attached hydrogens (tertiary/aromatic N) is 4. The Bertz CT molecular complexity index is 1340. The second kappa shape index (κ2) is 8.35. The highest BCUT2D eigenvalue weighted by Gasteiger charge is 2.30. The van der Waals surface area contributed by atoms with Gasteiger partial charge in [-0.2, -0.15) is 10.2 Å². The van der Waals surface area contributed by atoms with Crippen LogP contribution in [-0.2, 0) is 6.54 Å². The van der Waals surface area contributed by atoms with E-state index in [0.29, 0.717) is 64.1 Å². The quantitative estimate of drug-likeness (QED) is 0.624. The van der Waals surface area contributed by atoms with Crippen LogP contribution < -0.4 is 15.9 Å². The van der Waals surface area contributed by atoms with Gasteiger partial charge in [0.2, 0.25) is 0 Å². The van der Waals surface area contributed by atoms with Crippen LogP contribution in [0.5, 0.6) is 0 Å². The van der Waals surface area contributed by atoms with Crippen molar-refractivity contribution in [3.63, 3.8) is 0 Å².